The van der Waals surface area contributed by atoms with Gasteiger partial charge < -0.3 is 16.4 Å². The van der Waals surface area contributed by atoms with Crippen LogP contribution in [0.2, 0.25) is 0 Å². The third-order valence-electron chi connectivity index (χ3n) is 4.57. The van der Waals surface area contributed by atoms with Crippen molar-refractivity contribution in [2.45, 2.75) is 90.9 Å². The van der Waals surface area contributed by atoms with Crippen LogP contribution in [0.5, 0.6) is 0 Å². The molecule has 0 radical (unpaired) electrons. The number of hydrogen-bond acceptors (Lipinski definition) is 5. The topological polar surface area (TPSA) is 103 Å². The van der Waals surface area contributed by atoms with E-state index in [9.17, 15) is 0 Å². The summed E-state index contributed by atoms with van der Waals surface area (Å²) in [6.45, 7) is 8.79. The molecular formula is C20H41N5. The fraction of sp³-hybridized carbons (Fsp3) is 0.900. The second-order valence-corrected chi connectivity index (χ2v) is 6.99. The van der Waals surface area contributed by atoms with E-state index in [1.807, 2.05) is 0 Å². The van der Waals surface area contributed by atoms with Gasteiger partial charge in [-0.3, -0.25) is 0 Å². The highest BCUT2D eigenvalue weighted by Crippen LogP contribution is 2.16. The zero-order valence-electron chi connectivity index (χ0n) is 16.7. The molecule has 0 amide bonds. The number of piperidine rings is 1. The summed E-state index contributed by atoms with van der Waals surface area (Å²) in [7, 11) is 0. The van der Waals surface area contributed by atoms with Crippen LogP contribution in [0.15, 0.2) is 0 Å². The Hall–Kier alpha value is -1.46. The van der Waals surface area contributed by atoms with Gasteiger partial charge in [0.05, 0.1) is 0 Å². The number of rotatable bonds is 11. The van der Waals surface area contributed by atoms with Gasteiger partial charge in [-0.15, -0.1) is 0 Å². The van der Waals surface area contributed by atoms with Crippen LogP contribution in [0.4, 0.5) is 0 Å². The van der Waals surface area contributed by atoms with Crippen molar-refractivity contribution < 1.29 is 0 Å². The Bertz CT molecular complexity index is 320. The molecule has 25 heavy (non-hydrogen) atoms. The summed E-state index contributed by atoms with van der Waals surface area (Å²) in [5.41, 5.74) is 8.31. The largest absolute Gasteiger partial charge is 0.337 e. The van der Waals surface area contributed by atoms with Crippen LogP contribution in [0.25, 0.3) is 0 Å². The van der Waals surface area contributed by atoms with E-state index >= 15 is 0 Å². The lowest BCUT2D eigenvalue weighted by Crippen LogP contribution is -2.34. The summed E-state index contributed by atoms with van der Waals surface area (Å²) in [5, 5.41) is 14.2. The minimum absolute atomic E-state index is 0.942. The van der Waals surface area contributed by atoms with Gasteiger partial charge in [0.15, 0.2) is 12.4 Å². The molecule has 1 aliphatic rings. The fourth-order valence-electron chi connectivity index (χ4n) is 3.31. The van der Waals surface area contributed by atoms with Crippen molar-refractivity contribution in [3.8, 4) is 12.4 Å². The van der Waals surface area contributed by atoms with Gasteiger partial charge in [-0.05, 0) is 38.3 Å². The van der Waals surface area contributed by atoms with Gasteiger partial charge >= 0.3 is 0 Å². The molecule has 0 aromatic rings. The lowest BCUT2D eigenvalue weighted by Gasteiger charge is -2.30. The Balaban J connectivity index is 0. The number of hydrogen-bond donors (Lipinski definition) is 2. The van der Waals surface area contributed by atoms with Crippen LogP contribution in [-0.2, 0) is 0 Å². The molecule has 4 N–H and O–H groups in total. The second-order valence-electron chi connectivity index (χ2n) is 6.99. The highest BCUT2D eigenvalue weighted by molar-refractivity contribution is 4.69. The molecule has 0 aliphatic carbocycles. The van der Waals surface area contributed by atoms with Crippen molar-refractivity contribution in [3.05, 3.63) is 0 Å². The van der Waals surface area contributed by atoms with E-state index in [0.717, 1.165) is 5.92 Å². The van der Waals surface area contributed by atoms with E-state index in [2.05, 4.69) is 30.2 Å². The molecule has 0 spiro atoms. The first-order valence-corrected chi connectivity index (χ1v) is 10.1. The molecule has 1 heterocycles. The van der Waals surface area contributed by atoms with Crippen molar-refractivity contribution >= 4 is 0 Å². The monoisotopic (exact) mass is 351 g/mol. The van der Waals surface area contributed by atoms with Crippen molar-refractivity contribution in [2.75, 3.05) is 19.6 Å². The molecular weight excluding hydrogens is 310 g/mol. The second kappa shape index (κ2) is 22.5. The Morgan fingerprint density at radius 3 is 1.76 bits per heavy atom. The van der Waals surface area contributed by atoms with Crippen molar-refractivity contribution in [1.29, 1.82) is 10.5 Å². The third-order valence-corrected chi connectivity index (χ3v) is 4.57. The highest BCUT2D eigenvalue weighted by Gasteiger charge is 2.14. The van der Waals surface area contributed by atoms with Gasteiger partial charge in [0.1, 0.15) is 0 Å². The molecule has 1 saturated heterocycles. The SMILES string of the molecule is CCCCCCCCCCCCN1CCCC(C)C1.N#CN.N#CN. The van der Waals surface area contributed by atoms with Gasteiger partial charge in [-0.1, -0.05) is 71.6 Å². The summed E-state index contributed by atoms with van der Waals surface area (Å²) in [6, 6.07) is 0. The molecule has 0 aromatic carbocycles. The van der Waals surface area contributed by atoms with Crippen LogP contribution in [0, 0.1) is 28.8 Å². The Morgan fingerprint density at radius 1 is 0.880 bits per heavy atom. The Labute approximate surface area is 156 Å². The van der Waals surface area contributed by atoms with Crippen LogP contribution in [-0.4, -0.2) is 24.5 Å². The smallest absolute Gasteiger partial charge is 0.173 e. The van der Waals surface area contributed by atoms with Crippen molar-refractivity contribution in [3.63, 3.8) is 0 Å². The van der Waals surface area contributed by atoms with Crippen LogP contribution in [0.3, 0.4) is 0 Å². The zero-order chi connectivity index (χ0) is 19.2. The quantitative estimate of drug-likeness (QED) is 0.324. The summed E-state index contributed by atoms with van der Waals surface area (Å²) in [5.74, 6) is 0.942. The van der Waals surface area contributed by atoms with Crippen LogP contribution >= 0.6 is 0 Å². The first-order valence-electron chi connectivity index (χ1n) is 10.1. The third kappa shape index (κ3) is 22.5. The molecule has 1 fully saturated rings. The standard InChI is InChI=1S/C18H37N.2CH2N2/c1-3-4-5-6-7-8-9-10-11-12-15-19-16-13-14-18(2)17-19;2*2-1-3/h18H,3-17H2,1-2H3;2*2H2. The van der Waals surface area contributed by atoms with E-state index in [1.54, 1.807) is 0 Å². The number of unbranched alkanes of at least 4 members (excludes halogenated alkanes) is 9. The number of likely N-dealkylation sites (tertiary alicyclic amines) is 1. The Morgan fingerprint density at radius 2 is 1.32 bits per heavy atom. The predicted molar refractivity (Wildman–Crippen MR) is 106 cm³/mol. The molecule has 0 aromatic heterocycles. The summed E-state index contributed by atoms with van der Waals surface area (Å²) >= 11 is 0. The van der Waals surface area contributed by atoms with E-state index in [4.69, 9.17) is 10.5 Å². The Kier molecular flexibility index (Phi) is 23.2. The van der Waals surface area contributed by atoms with E-state index in [0.29, 0.717) is 0 Å². The molecule has 0 saturated carbocycles. The van der Waals surface area contributed by atoms with E-state index < -0.39 is 0 Å². The lowest BCUT2D eigenvalue weighted by molar-refractivity contribution is 0.180. The zero-order valence-corrected chi connectivity index (χ0v) is 16.7. The predicted octanol–water partition coefficient (Wildman–Crippen LogP) is 4.49. The highest BCUT2D eigenvalue weighted by atomic mass is 15.1. The maximum Gasteiger partial charge on any atom is 0.173 e. The summed E-state index contributed by atoms with van der Waals surface area (Å²) in [4.78, 5) is 2.69. The molecule has 0 bridgehead atoms. The molecule has 5 nitrogen and oxygen atoms in total. The minimum atomic E-state index is 0.942. The molecule has 1 aliphatic heterocycles. The van der Waals surface area contributed by atoms with Gasteiger partial charge in [0.2, 0.25) is 0 Å². The average Bonchev–Trinajstić information content (AvgIpc) is 2.58. The van der Waals surface area contributed by atoms with E-state index in [1.165, 1.54) is 109 Å². The van der Waals surface area contributed by atoms with E-state index in [-0.39, 0.29) is 0 Å². The fourth-order valence-corrected chi connectivity index (χ4v) is 3.31. The minimum Gasteiger partial charge on any atom is -0.337 e. The van der Waals surface area contributed by atoms with Crippen LogP contribution < -0.4 is 11.5 Å². The molecule has 5 heteroatoms. The number of nitrogens with zero attached hydrogens (tertiary/aromatic N) is 3. The summed E-state index contributed by atoms with van der Waals surface area (Å²) in [6.07, 6.45) is 19.9. The van der Waals surface area contributed by atoms with Gasteiger partial charge in [-0.25, -0.2) is 0 Å². The summed E-state index contributed by atoms with van der Waals surface area (Å²) < 4.78 is 0. The maximum absolute atomic E-state index is 7.10. The average molecular weight is 352 g/mol. The molecule has 1 rings (SSSR count). The molecule has 146 valence electrons. The first kappa shape index (κ1) is 25.8. The number of nitrogens with two attached hydrogens (primary N) is 2. The van der Waals surface area contributed by atoms with Crippen molar-refractivity contribution in [2.24, 2.45) is 17.4 Å². The molecule has 1 unspecified atom stereocenters. The van der Waals surface area contributed by atoms with Gasteiger partial charge in [-0.2, -0.15) is 10.5 Å². The normalized spacial score (nSPS) is 16.4. The van der Waals surface area contributed by atoms with Gasteiger partial charge in [0, 0.05) is 6.54 Å². The number of nitriles is 2. The molecule has 1 atom stereocenters. The lowest BCUT2D eigenvalue weighted by atomic mass is 10.00. The maximum atomic E-state index is 7.10. The first-order chi connectivity index (χ1) is 12.2. The van der Waals surface area contributed by atoms with Crippen molar-refractivity contribution in [1.82, 2.24) is 4.90 Å². The van der Waals surface area contributed by atoms with Crippen LogP contribution in [0.1, 0.15) is 90.9 Å². The van der Waals surface area contributed by atoms with Gasteiger partial charge in [0.25, 0.3) is 0 Å².